The molecule has 0 radical (unpaired) electrons. The van der Waals surface area contributed by atoms with E-state index in [0.29, 0.717) is 0 Å². The second-order valence-corrected chi connectivity index (χ2v) is 4.98. The maximum atomic E-state index is 11.2. The van der Waals surface area contributed by atoms with E-state index in [1.807, 2.05) is 7.05 Å². The van der Waals surface area contributed by atoms with Gasteiger partial charge < -0.3 is 10.2 Å². The van der Waals surface area contributed by atoms with E-state index < -0.39 is 4.92 Å². The van der Waals surface area contributed by atoms with E-state index in [1.54, 1.807) is 6.92 Å². The van der Waals surface area contributed by atoms with Crippen LogP contribution in [0.3, 0.4) is 0 Å². The van der Waals surface area contributed by atoms with E-state index in [1.165, 1.54) is 0 Å². The predicted octanol–water partition coefficient (Wildman–Crippen LogP) is 0.485. The van der Waals surface area contributed by atoms with Gasteiger partial charge in [-0.2, -0.15) is 4.98 Å². The number of hydrazine groups is 1. The Labute approximate surface area is 116 Å². The molecule has 1 aromatic heterocycles. The lowest BCUT2D eigenvalue weighted by molar-refractivity contribution is -0.385. The van der Waals surface area contributed by atoms with Crippen molar-refractivity contribution < 1.29 is 4.92 Å². The average molecular weight is 281 g/mol. The van der Waals surface area contributed by atoms with E-state index >= 15 is 0 Å². The SMILES string of the molecule is Cc1nc(NN)nc(NC2CCCN(C)C2)c1[N+](=O)[O-]. The van der Waals surface area contributed by atoms with Crippen LogP contribution < -0.4 is 16.6 Å². The maximum Gasteiger partial charge on any atom is 0.332 e. The molecule has 0 aliphatic carbocycles. The molecule has 1 aromatic rings. The van der Waals surface area contributed by atoms with Crippen LogP contribution in [0.25, 0.3) is 0 Å². The molecule has 1 fully saturated rings. The van der Waals surface area contributed by atoms with Gasteiger partial charge in [0.2, 0.25) is 11.8 Å². The summed E-state index contributed by atoms with van der Waals surface area (Å²) < 4.78 is 0. The summed E-state index contributed by atoms with van der Waals surface area (Å²) in [6.07, 6.45) is 2.00. The van der Waals surface area contributed by atoms with E-state index in [-0.39, 0.29) is 29.2 Å². The summed E-state index contributed by atoms with van der Waals surface area (Å²) in [7, 11) is 2.03. The number of likely N-dealkylation sites (N-methyl/N-ethyl adjacent to an activating group) is 1. The molecule has 0 aromatic carbocycles. The molecule has 0 saturated carbocycles. The van der Waals surface area contributed by atoms with E-state index in [9.17, 15) is 10.1 Å². The quantitative estimate of drug-likeness (QED) is 0.414. The Morgan fingerprint density at radius 1 is 1.50 bits per heavy atom. The predicted molar refractivity (Wildman–Crippen MR) is 75.4 cm³/mol. The highest BCUT2D eigenvalue weighted by molar-refractivity contribution is 5.61. The lowest BCUT2D eigenvalue weighted by Gasteiger charge is -2.30. The highest BCUT2D eigenvalue weighted by atomic mass is 16.6. The molecule has 0 bridgehead atoms. The van der Waals surface area contributed by atoms with Gasteiger partial charge in [0.25, 0.3) is 0 Å². The number of anilines is 2. The number of aryl methyl sites for hydroxylation is 1. The van der Waals surface area contributed by atoms with Crippen molar-refractivity contribution in [3.63, 3.8) is 0 Å². The Kier molecular flexibility index (Phi) is 4.30. The molecule has 1 aliphatic rings. The molecule has 9 heteroatoms. The van der Waals surface area contributed by atoms with Gasteiger partial charge in [-0.1, -0.05) is 0 Å². The van der Waals surface area contributed by atoms with E-state index in [4.69, 9.17) is 5.84 Å². The van der Waals surface area contributed by atoms with Crippen LogP contribution in [0.15, 0.2) is 0 Å². The van der Waals surface area contributed by atoms with Crippen LogP contribution in [-0.2, 0) is 0 Å². The standard InChI is InChI=1S/C11H19N7O2/c1-7-9(18(19)20)10(15-11(13-7)16-12)14-8-4-3-5-17(2)6-8/h8H,3-6,12H2,1-2H3,(H2,13,14,15,16). The molecule has 1 atom stereocenters. The zero-order chi connectivity index (χ0) is 14.7. The van der Waals surface area contributed by atoms with Crippen molar-refractivity contribution in [2.45, 2.75) is 25.8 Å². The number of nitrogen functional groups attached to an aromatic ring is 1. The maximum absolute atomic E-state index is 11.2. The second kappa shape index (κ2) is 5.97. The summed E-state index contributed by atoms with van der Waals surface area (Å²) in [6, 6.07) is 0.132. The molecule has 2 rings (SSSR count). The monoisotopic (exact) mass is 281 g/mol. The number of nitrogens with two attached hydrogens (primary N) is 1. The number of hydrogen-bond acceptors (Lipinski definition) is 8. The number of nitrogens with one attached hydrogen (secondary N) is 2. The number of rotatable bonds is 4. The number of likely N-dealkylation sites (tertiary alicyclic amines) is 1. The van der Waals surface area contributed by atoms with Crippen LogP contribution in [0.1, 0.15) is 18.5 Å². The van der Waals surface area contributed by atoms with Crippen molar-refractivity contribution >= 4 is 17.5 Å². The number of hydrogen-bond donors (Lipinski definition) is 3. The summed E-state index contributed by atoms with van der Waals surface area (Å²) in [5.74, 6) is 5.67. The summed E-state index contributed by atoms with van der Waals surface area (Å²) >= 11 is 0. The van der Waals surface area contributed by atoms with Gasteiger partial charge in [0.05, 0.1) is 4.92 Å². The lowest BCUT2D eigenvalue weighted by atomic mass is 10.1. The van der Waals surface area contributed by atoms with E-state index in [0.717, 1.165) is 25.9 Å². The Hall–Kier alpha value is -2.00. The van der Waals surface area contributed by atoms with Crippen LogP contribution in [0, 0.1) is 17.0 Å². The van der Waals surface area contributed by atoms with Crippen LogP contribution in [0.5, 0.6) is 0 Å². The number of piperidine rings is 1. The minimum absolute atomic E-state index is 0.0998. The van der Waals surface area contributed by atoms with Gasteiger partial charge in [0, 0.05) is 12.6 Å². The van der Waals surface area contributed by atoms with Gasteiger partial charge in [0.1, 0.15) is 5.69 Å². The summed E-state index contributed by atoms with van der Waals surface area (Å²) in [6.45, 7) is 3.43. The van der Waals surface area contributed by atoms with Crippen molar-refractivity contribution in [2.75, 3.05) is 30.9 Å². The number of nitro groups is 1. The van der Waals surface area contributed by atoms with Crippen LogP contribution >= 0.6 is 0 Å². The largest absolute Gasteiger partial charge is 0.360 e. The minimum Gasteiger partial charge on any atom is -0.360 e. The van der Waals surface area contributed by atoms with Crippen molar-refractivity contribution in [3.8, 4) is 0 Å². The van der Waals surface area contributed by atoms with Crippen LogP contribution in [0.2, 0.25) is 0 Å². The zero-order valence-corrected chi connectivity index (χ0v) is 11.6. The molecular formula is C11H19N7O2. The summed E-state index contributed by atoms with van der Waals surface area (Å²) in [5.41, 5.74) is 2.51. The van der Waals surface area contributed by atoms with Gasteiger partial charge in [-0.25, -0.2) is 10.8 Å². The Morgan fingerprint density at radius 2 is 2.25 bits per heavy atom. The van der Waals surface area contributed by atoms with Gasteiger partial charge in [0.15, 0.2) is 0 Å². The minimum atomic E-state index is -0.468. The molecule has 1 unspecified atom stereocenters. The summed E-state index contributed by atoms with van der Waals surface area (Å²) in [5, 5.41) is 14.3. The van der Waals surface area contributed by atoms with Crippen molar-refractivity contribution in [1.82, 2.24) is 14.9 Å². The fourth-order valence-corrected chi connectivity index (χ4v) is 2.43. The average Bonchev–Trinajstić information content (AvgIpc) is 2.37. The topological polar surface area (TPSA) is 122 Å². The first kappa shape index (κ1) is 14.4. The third-order valence-corrected chi connectivity index (χ3v) is 3.34. The van der Waals surface area contributed by atoms with Crippen LogP contribution in [-0.4, -0.2) is 46.0 Å². The lowest BCUT2D eigenvalue weighted by Crippen LogP contribution is -2.40. The van der Waals surface area contributed by atoms with Crippen LogP contribution in [0.4, 0.5) is 17.5 Å². The fourth-order valence-electron chi connectivity index (χ4n) is 2.43. The third kappa shape index (κ3) is 3.11. The second-order valence-electron chi connectivity index (χ2n) is 4.98. The van der Waals surface area contributed by atoms with Gasteiger partial charge in [-0.3, -0.25) is 15.5 Å². The highest BCUT2D eigenvalue weighted by Crippen LogP contribution is 2.28. The third-order valence-electron chi connectivity index (χ3n) is 3.34. The first-order valence-electron chi connectivity index (χ1n) is 6.46. The fraction of sp³-hybridized carbons (Fsp3) is 0.636. The molecule has 9 nitrogen and oxygen atoms in total. The normalized spacial score (nSPS) is 19.6. The number of aromatic nitrogens is 2. The molecule has 1 saturated heterocycles. The molecule has 0 spiro atoms. The smallest absolute Gasteiger partial charge is 0.332 e. The zero-order valence-electron chi connectivity index (χ0n) is 11.6. The number of nitrogens with zero attached hydrogens (tertiary/aromatic N) is 4. The molecule has 110 valence electrons. The van der Waals surface area contributed by atoms with Gasteiger partial charge >= 0.3 is 5.69 Å². The molecular weight excluding hydrogens is 262 g/mol. The van der Waals surface area contributed by atoms with Gasteiger partial charge in [-0.15, -0.1) is 0 Å². The highest BCUT2D eigenvalue weighted by Gasteiger charge is 2.25. The van der Waals surface area contributed by atoms with Crippen molar-refractivity contribution in [3.05, 3.63) is 15.8 Å². The Balaban J connectivity index is 2.28. The van der Waals surface area contributed by atoms with Gasteiger partial charge in [-0.05, 0) is 33.4 Å². The Morgan fingerprint density at radius 3 is 2.85 bits per heavy atom. The molecule has 2 heterocycles. The molecule has 0 amide bonds. The first-order valence-corrected chi connectivity index (χ1v) is 6.46. The summed E-state index contributed by atoms with van der Waals surface area (Å²) in [4.78, 5) is 20.9. The van der Waals surface area contributed by atoms with E-state index in [2.05, 4.69) is 25.6 Å². The molecule has 4 N–H and O–H groups in total. The Bertz CT molecular complexity index is 508. The molecule has 20 heavy (non-hydrogen) atoms. The first-order chi connectivity index (χ1) is 9.51. The molecule has 1 aliphatic heterocycles. The van der Waals surface area contributed by atoms with Crippen molar-refractivity contribution in [2.24, 2.45) is 5.84 Å². The van der Waals surface area contributed by atoms with Crippen molar-refractivity contribution in [1.29, 1.82) is 0 Å².